The molecule has 0 aliphatic heterocycles. The Labute approximate surface area is 293 Å². The Morgan fingerprint density at radius 3 is 0.750 bits per heavy atom. The van der Waals surface area contributed by atoms with Crippen LogP contribution < -0.4 is 9.47 Å². The molecule has 0 amide bonds. The highest BCUT2D eigenvalue weighted by Crippen LogP contribution is 2.27. The van der Waals surface area contributed by atoms with E-state index in [0.29, 0.717) is 39.6 Å². The van der Waals surface area contributed by atoms with Gasteiger partial charge in [0.2, 0.25) is 34.8 Å². The van der Waals surface area contributed by atoms with Crippen LogP contribution in [0.3, 0.4) is 0 Å². The molecule has 20 heteroatoms. The molecule has 0 N–H and O–H groups in total. The van der Waals surface area contributed by atoms with Gasteiger partial charge in [-0.3, -0.25) is 9.59 Å². The smallest absolute Gasteiger partial charge is 0.313 e. The molecule has 12 nitrogen and oxygen atoms in total. The Kier molecular flexibility index (Phi) is 22.6. The first-order valence-electron chi connectivity index (χ1n) is 15.7. The first-order valence-corrected chi connectivity index (χ1v) is 15.7. The quantitative estimate of drug-likeness (QED) is 0.0387. The summed E-state index contributed by atoms with van der Waals surface area (Å²) in [5.74, 6) is -19.2. The summed E-state index contributed by atoms with van der Waals surface area (Å²) in [6, 6.07) is -0.00177. The van der Waals surface area contributed by atoms with Gasteiger partial charge in [-0.1, -0.05) is 0 Å². The van der Waals surface area contributed by atoms with Crippen LogP contribution in [0.2, 0.25) is 0 Å². The molecule has 0 saturated carbocycles. The van der Waals surface area contributed by atoms with Crippen LogP contribution in [0.4, 0.5) is 35.1 Å². The molecule has 2 aromatic rings. The van der Waals surface area contributed by atoms with Gasteiger partial charge < -0.3 is 47.4 Å². The highest BCUT2D eigenvalue weighted by atomic mass is 19.2. The number of hydrogen-bond acceptors (Lipinski definition) is 12. The summed E-state index contributed by atoms with van der Waals surface area (Å²) in [4.78, 5) is 23.3. The standard InChI is InChI=1S/C32H38F8O12/c33-21-19-22(34)28(38)31(27(21)37)51-25(41)1-3-43-5-7-45-9-11-47-13-15-49-17-18-50-16-14-48-12-10-46-8-6-44-4-2-26(42)52-32-29(39)23(35)20-24(36)30(32)40/h19-20H,1-18H2. The van der Waals surface area contributed by atoms with Crippen molar-refractivity contribution in [3.63, 3.8) is 0 Å². The van der Waals surface area contributed by atoms with Crippen LogP contribution in [0.5, 0.6) is 11.5 Å². The lowest BCUT2D eigenvalue weighted by molar-refractivity contribution is -0.137. The van der Waals surface area contributed by atoms with Crippen molar-refractivity contribution in [1.29, 1.82) is 0 Å². The van der Waals surface area contributed by atoms with E-state index in [9.17, 15) is 44.7 Å². The number of ether oxygens (including phenoxy) is 10. The number of hydrogen-bond donors (Lipinski definition) is 0. The minimum Gasteiger partial charge on any atom is -0.420 e. The van der Waals surface area contributed by atoms with E-state index in [1.807, 2.05) is 0 Å². The molecule has 2 rings (SSSR count). The van der Waals surface area contributed by atoms with Crippen molar-refractivity contribution in [2.24, 2.45) is 0 Å². The zero-order valence-electron chi connectivity index (χ0n) is 27.8. The maximum Gasteiger partial charge on any atom is 0.313 e. The average molecular weight is 767 g/mol. The van der Waals surface area contributed by atoms with Crippen molar-refractivity contribution in [2.45, 2.75) is 12.8 Å². The molecule has 2 aromatic carbocycles. The van der Waals surface area contributed by atoms with Gasteiger partial charge in [-0.15, -0.1) is 0 Å². The molecule has 0 aliphatic carbocycles. The van der Waals surface area contributed by atoms with E-state index in [-0.39, 0.29) is 78.2 Å². The third kappa shape index (κ3) is 17.8. The molecule has 0 aromatic heterocycles. The van der Waals surface area contributed by atoms with Gasteiger partial charge in [-0.05, 0) is 0 Å². The highest BCUT2D eigenvalue weighted by molar-refractivity contribution is 5.73. The largest absolute Gasteiger partial charge is 0.420 e. The van der Waals surface area contributed by atoms with Gasteiger partial charge in [-0.2, -0.15) is 17.6 Å². The fraction of sp³-hybridized carbons (Fsp3) is 0.562. The van der Waals surface area contributed by atoms with E-state index in [4.69, 9.17) is 37.9 Å². The Morgan fingerprint density at radius 1 is 0.346 bits per heavy atom. The van der Waals surface area contributed by atoms with Gasteiger partial charge in [0, 0.05) is 12.1 Å². The second-order valence-corrected chi connectivity index (χ2v) is 9.94. The fourth-order valence-corrected chi connectivity index (χ4v) is 3.56. The van der Waals surface area contributed by atoms with Gasteiger partial charge in [0.25, 0.3) is 0 Å². The van der Waals surface area contributed by atoms with Crippen LogP contribution >= 0.6 is 0 Å². The van der Waals surface area contributed by atoms with Crippen LogP contribution in [0.25, 0.3) is 0 Å². The zero-order valence-corrected chi connectivity index (χ0v) is 27.8. The van der Waals surface area contributed by atoms with Crippen molar-refractivity contribution in [3.05, 3.63) is 58.7 Å². The van der Waals surface area contributed by atoms with Gasteiger partial charge in [-0.25, -0.2) is 17.6 Å². The molecule has 0 spiro atoms. The molecular weight excluding hydrogens is 728 g/mol. The predicted molar refractivity (Wildman–Crippen MR) is 160 cm³/mol. The molecule has 0 saturated heterocycles. The van der Waals surface area contributed by atoms with E-state index >= 15 is 0 Å². The fourth-order valence-electron chi connectivity index (χ4n) is 3.56. The lowest BCUT2D eigenvalue weighted by Crippen LogP contribution is -2.16. The summed E-state index contributed by atoms with van der Waals surface area (Å²) in [6.07, 6.45) is -0.843. The van der Waals surface area contributed by atoms with E-state index < -0.39 is 82.8 Å². The Morgan fingerprint density at radius 2 is 0.538 bits per heavy atom. The van der Waals surface area contributed by atoms with Gasteiger partial charge in [0.05, 0.1) is 119 Å². The van der Waals surface area contributed by atoms with E-state index in [2.05, 4.69) is 9.47 Å². The Balaban J connectivity index is 1.27. The van der Waals surface area contributed by atoms with Crippen molar-refractivity contribution >= 4 is 11.9 Å². The van der Waals surface area contributed by atoms with E-state index in [0.717, 1.165) is 0 Å². The molecule has 0 radical (unpaired) electrons. The monoisotopic (exact) mass is 766 g/mol. The minimum atomic E-state index is -1.82. The third-order valence-electron chi connectivity index (χ3n) is 6.08. The first-order chi connectivity index (χ1) is 25.0. The minimum absolute atomic E-state index is 0.000886. The topological polar surface area (TPSA) is 126 Å². The maximum absolute atomic E-state index is 13.5. The molecule has 0 aliphatic rings. The normalized spacial score (nSPS) is 11.3. The van der Waals surface area contributed by atoms with Crippen LogP contribution in [-0.2, 0) is 47.5 Å². The van der Waals surface area contributed by atoms with Crippen LogP contribution in [0.15, 0.2) is 12.1 Å². The summed E-state index contributed by atoms with van der Waals surface area (Å²) in [5.41, 5.74) is 0. The molecule has 0 bridgehead atoms. The van der Waals surface area contributed by atoms with Crippen LogP contribution in [-0.4, -0.2) is 118 Å². The van der Waals surface area contributed by atoms with E-state index in [1.165, 1.54) is 0 Å². The van der Waals surface area contributed by atoms with Gasteiger partial charge in [0.15, 0.2) is 23.3 Å². The number of rotatable bonds is 29. The molecular formula is C32H38F8O12. The van der Waals surface area contributed by atoms with Crippen LogP contribution in [0.1, 0.15) is 12.8 Å². The second kappa shape index (κ2) is 26.3. The summed E-state index contributed by atoms with van der Waals surface area (Å²) in [7, 11) is 0. The van der Waals surface area contributed by atoms with Crippen LogP contribution in [0, 0.1) is 46.5 Å². The number of halogens is 8. The summed E-state index contributed by atoms with van der Waals surface area (Å²) in [6.45, 7) is 3.23. The van der Waals surface area contributed by atoms with Crippen molar-refractivity contribution < 1.29 is 92.1 Å². The second-order valence-electron chi connectivity index (χ2n) is 9.94. The predicted octanol–water partition coefficient (Wildman–Crippen LogP) is 4.22. The molecule has 52 heavy (non-hydrogen) atoms. The number of carbonyl (C=O) groups is 2. The maximum atomic E-state index is 13.5. The third-order valence-corrected chi connectivity index (χ3v) is 6.08. The average Bonchev–Trinajstić information content (AvgIpc) is 3.11. The zero-order chi connectivity index (χ0) is 38.1. The summed E-state index contributed by atoms with van der Waals surface area (Å²) >= 11 is 0. The van der Waals surface area contributed by atoms with Gasteiger partial charge >= 0.3 is 11.9 Å². The van der Waals surface area contributed by atoms with Crippen molar-refractivity contribution in [3.8, 4) is 11.5 Å². The molecule has 0 fully saturated rings. The Bertz CT molecular complexity index is 1220. The lowest BCUT2D eigenvalue weighted by atomic mass is 10.3. The first kappa shape index (κ1) is 44.7. The lowest BCUT2D eigenvalue weighted by Gasteiger charge is -2.09. The number of carbonyl (C=O) groups excluding carboxylic acids is 2. The van der Waals surface area contributed by atoms with Crippen molar-refractivity contribution in [2.75, 3.05) is 106 Å². The van der Waals surface area contributed by atoms with Crippen molar-refractivity contribution in [1.82, 2.24) is 0 Å². The molecule has 0 unspecified atom stereocenters. The molecule has 294 valence electrons. The van der Waals surface area contributed by atoms with E-state index in [1.54, 1.807) is 0 Å². The highest BCUT2D eigenvalue weighted by Gasteiger charge is 2.24. The number of esters is 2. The Hall–Kier alpha value is -3.50. The molecule has 0 atom stereocenters. The SMILES string of the molecule is O=C(CCOCCOCCOCCOCCOCCOCCOCCOCCC(=O)Oc1c(F)c(F)cc(F)c1F)Oc1c(F)c(F)cc(F)c1F. The van der Waals surface area contributed by atoms with Gasteiger partial charge in [0.1, 0.15) is 0 Å². The summed E-state index contributed by atoms with van der Waals surface area (Å²) in [5, 5.41) is 0. The summed E-state index contributed by atoms with van der Waals surface area (Å²) < 4.78 is 158. The number of benzene rings is 2. The molecule has 0 heterocycles.